The van der Waals surface area contributed by atoms with Gasteiger partial charge in [0.25, 0.3) is 0 Å². The van der Waals surface area contributed by atoms with Crippen molar-refractivity contribution in [2.75, 3.05) is 5.73 Å². The lowest BCUT2D eigenvalue weighted by molar-refractivity contribution is 0.568. The molecule has 4 nitrogen and oxygen atoms in total. The minimum absolute atomic E-state index is 0.173. The van der Waals surface area contributed by atoms with E-state index in [0.29, 0.717) is 10.0 Å². The van der Waals surface area contributed by atoms with E-state index < -0.39 is 10.0 Å². The second-order valence-corrected chi connectivity index (χ2v) is 8.16. The average Bonchev–Trinajstić information content (AvgIpc) is 2.85. The van der Waals surface area contributed by atoms with Crippen LogP contribution < -0.4 is 10.5 Å². The van der Waals surface area contributed by atoms with E-state index in [0.717, 1.165) is 16.9 Å². The number of halogens is 1. The van der Waals surface area contributed by atoms with Gasteiger partial charge in [0.15, 0.2) is 0 Å². The number of nitrogens with one attached hydrogen (secondary N) is 1. The van der Waals surface area contributed by atoms with Crippen molar-refractivity contribution in [3.8, 4) is 0 Å². The molecule has 7 heteroatoms. The summed E-state index contributed by atoms with van der Waals surface area (Å²) < 4.78 is 28.0. The molecule has 2 rings (SSSR count). The van der Waals surface area contributed by atoms with Gasteiger partial charge in [-0.15, -0.1) is 11.3 Å². The van der Waals surface area contributed by atoms with Crippen LogP contribution in [0.25, 0.3) is 0 Å². The molecule has 1 heterocycles. The second-order valence-electron chi connectivity index (χ2n) is 4.70. The van der Waals surface area contributed by atoms with Gasteiger partial charge in [-0.1, -0.05) is 24.6 Å². The maximum atomic E-state index is 12.4. The highest BCUT2D eigenvalue weighted by atomic mass is 35.5. The summed E-state index contributed by atoms with van der Waals surface area (Å²) in [6, 6.07) is 8.03. The second kappa shape index (κ2) is 6.36. The van der Waals surface area contributed by atoms with Crippen molar-refractivity contribution >= 4 is 38.6 Å². The van der Waals surface area contributed by atoms with Crippen LogP contribution in [-0.4, -0.2) is 8.42 Å². The van der Waals surface area contributed by atoms with E-state index >= 15 is 0 Å². The minimum atomic E-state index is -3.61. The number of aryl methyl sites for hydroxylation is 1. The third-order valence-corrected chi connectivity index (χ3v) is 6.11. The van der Waals surface area contributed by atoms with Gasteiger partial charge in [0, 0.05) is 10.6 Å². The van der Waals surface area contributed by atoms with Crippen molar-refractivity contribution in [2.45, 2.75) is 31.2 Å². The maximum Gasteiger partial charge on any atom is 0.241 e. The van der Waals surface area contributed by atoms with Gasteiger partial charge >= 0.3 is 0 Å². The topological polar surface area (TPSA) is 72.2 Å². The standard InChI is InChI=1S/C14H17ClN2O2S2/c1-3-10-4-5-11(8-12(10)16)21(18,19)17-9(2)13-6-7-14(15)20-13/h4-9,17H,3,16H2,1-2H3. The maximum absolute atomic E-state index is 12.4. The van der Waals surface area contributed by atoms with Gasteiger partial charge in [-0.25, -0.2) is 13.1 Å². The molecule has 0 saturated carbocycles. The van der Waals surface area contributed by atoms with E-state index in [-0.39, 0.29) is 10.9 Å². The molecule has 0 radical (unpaired) electrons. The Balaban J connectivity index is 2.24. The van der Waals surface area contributed by atoms with E-state index in [2.05, 4.69) is 4.72 Å². The van der Waals surface area contributed by atoms with E-state index in [1.165, 1.54) is 17.4 Å². The number of benzene rings is 1. The van der Waals surface area contributed by atoms with E-state index in [1.54, 1.807) is 25.1 Å². The molecule has 114 valence electrons. The van der Waals surface area contributed by atoms with Gasteiger partial charge in [0.2, 0.25) is 10.0 Å². The van der Waals surface area contributed by atoms with Crippen molar-refractivity contribution in [3.63, 3.8) is 0 Å². The number of nitrogen functional groups attached to an aromatic ring is 1. The van der Waals surface area contributed by atoms with Crippen LogP contribution in [0, 0.1) is 0 Å². The molecule has 0 bridgehead atoms. The summed E-state index contributed by atoms with van der Waals surface area (Å²) in [6.45, 7) is 3.75. The lowest BCUT2D eigenvalue weighted by Gasteiger charge is -2.14. The zero-order valence-corrected chi connectivity index (χ0v) is 14.1. The fourth-order valence-electron chi connectivity index (χ4n) is 1.98. The highest BCUT2D eigenvalue weighted by molar-refractivity contribution is 7.89. The molecule has 1 unspecified atom stereocenters. The Hall–Kier alpha value is -1.08. The molecular formula is C14H17ClN2O2S2. The van der Waals surface area contributed by atoms with Crippen LogP contribution >= 0.6 is 22.9 Å². The van der Waals surface area contributed by atoms with Gasteiger partial charge < -0.3 is 5.73 Å². The molecule has 0 aliphatic heterocycles. The first-order valence-corrected chi connectivity index (χ1v) is 9.17. The molecule has 1 aromatic carbocycles. The van der Waals surface area contributed by atoms with Gasteiger partial charge in [-0.05, 0) is 43.2 Å². The summed E-state index contributed by atoms with van der Waals surface area (Å²) in [5.74, 6) is 0. The number of hydrogen-bond acceptors (Lipinski definition) is 4. The largest absolute Gasteiger partial charge is 0.398 e. The van der Waals surface area contributed by atoms with Crippen molar-refractivity contribution in [2.24, 2.45) is 0 Å². The van der Waals surface area contributed by atoms with Crippen molar-refractivity contribution in [1.82, 2.24) is 4.72 Å². The van der Waals surface area contributed by atoms with E-state index in [9.17, 15) is 8.42 Å². The normalized spacial score (nSPS) is 13.3. The summed E-state index contributed by atoms with van der Waals surface area (Å²) in [5, 5.41) is 0. The van der Waals surface area contributed by atoms with E-state index in [1.807, 2.05) is 13.0 Å². The van der Waals surface area contributed by atoms with Gasteiger partial charge in [0.1, 0.15) is 0 Å². The molecule has 21 heavy (non-hydrogen) atoms. The fourth-order valence-corrected chi connectivity index (χ4v) is 4.38. The predicted molar refractivity (Wildman–Crippen MR) is 88.3 cm³/mol. The van der Waals surface area contributed by atoms with Crippen molar-refractivity contribution in [1.29, 1.82) is 0 Å². The van der Waals surface area contributed by atoms with Crippen molar-refractivity contribution in [3.05, 3.63) is 45.1 Å². The Morgan fingerprint density at radius 3 is 2.57 bits per heavy atom. The first-order chi connectivity index (χ1) is 9.83. The molecule has 0 spiro atoms. The van der Waals surface area contributed by atoms with Gasteiger partial charge in [-0.3, -0.25) is 0 Å². The SMILES string of the molecule is CCc1ccc(S(=O)(=O)NC(C)c2ccc(Cl)s2)cc1N. The summed E-state index contributed by atoms with van der Waals surface area (Å²) in [4.78, 5) is 1.04. The Morgan fingerprint density at radius 1 is 1.33 bits per heavy atom. The van der Waals surface area contributed by atoms with Crippen LogP contribution in [0.5, 0.6) is 0 Å². The van der Waals surface area contributed by atoms with Crippen LogP contribution in [0.4, 0.5) is 5.69 Å². The highest BCUT2D eigenvalue weighted by Gasteiger charge is 2.20. The molecular weight excluding hydrogens is 328 g/mol. The average molecular weight is 345 g/mol. The smallest absolute Gasteiger partial charge is 0.241 e. The molecule has 2 aromatic rings. The quantitative estimate of drug-likeness (QED) is 0.814. The number of rotatable bonds is 5. The zero-order valence-electron chi connectivity index (χ0n) is 11.8. The van der Waals surface area contributed by atoms with Crippen molar-refractivity contribution < 1.29 is 8.42 Å². The minimum Gasteiger partial charge on any atom is -0.398 e. The Kier molecular flexibility index (Phi) is 4.93. The summed E-state index contributed by atoms with van der Waals surface area (Å²) in [5.41, 5.74) is 7.30. The molecule has 1 aromatic heterocycles. The third-order valence-electron chi connectivity index (χ3n) is 3.16. The molecule has 0 aliphatic rings. The third kappa shape index (κ3) is 3.77. The number of anilines is 1. The number of nitrogens with two attached hydrogens (primary N) is 1. The number of hydrogen-bond donors (Lipinski definition) is 2. The summed E-state index contributed by atoms with van der Waals surface area (Å²) in [7, 11) is -3.61. The fraction of sp³-hybridized carbons (Fsp3) is 0.286. The molecule has 0 fully saturated rings. The predicted octanol–water partition coefficient (Wildman–Crippen LogP) is 3.59. The Morgan fingerprint density at radius 2 is 2.05 bits per heavy atom. The molecule has 1 atom stereocenters. The van der Waals surface area contributed by atoms with Crippen LogP contribution in [0.2, 0.25) is 4.34 Å². The zero-order chi connectivity index (χ0) is 15.6. The van der Waals surface area contributed by atoms with E-state index in [4.69, 9.17) is 17.3 Å². The summed E-state index contributed by atoms with van der Waals surface area (Å²) in [6.07, 6.45) is 0.768. The lowest BCUT2D eigenvalue weighted by atomic mass is 10.1. The first kappa shape index (κ1) is 16.3. The van der Waals surface area contributed by atoms with Gasteiger partial charge in [-0.2, -0.15) is 0 Å². The molecule has 0 aliphatic carbocycles. The van der Waals surface area contributed by atoms with Crippen LogP contribution in [0.1, 0.15) is 30.3 Å². The van der Waals surface area contributed by atoms with Crippen LogP contribution in [0.3, 0.4) is 0 Å². The first-order valence-electron chi connectivity index (χ1n) is 6.49. The number of sulfonamides is 1. The summed E-state index contributed by atoms with van der Waals surface area (Å²) >= 11 is 7.23. The molecule has 0 saturated heterocycles. The Bertz CT molecular complexity index is 741. The molecule has 0 amide bonds. The monoisotopic (exact) mass is 344 g/mol. The van der Waals surface area contributed by atoms with Crippen LogP contribution in [-0.2, 0) is 16.4 Å². The molecule has 3 N–H and O–H groups in total. The van der Waals surface area contributed by atoms with Crippen LogP contribution in [0.15, 0.2) is 35.2 Å². The highest BCUT2D eigenvalue weighted by Crippen LogP contribution is 2.28. The van der Waals surface area contributed by atoms with Gasteiger partial charge in [0.05, 0.1) is 15.3 Å². The Labute approximate surface area is 134 Å². The lowest BCUT2D eigenvalue weighted by Crippen LogP contribution is -2.26. The number of thiophene rings is 1.